The van der Waals surface area contributed by atoms with Crippen LogP contribution in [0.1, 0.15) is 0 Å². The quantitative estimate of drug-likeness (QED) is 0.738. The lowest BCUT2D eigenvalue weighted by molar-refractivity contribution is 0.568. The largest absolute Gasteiger partial charge is 0.472 e. The Morgan fingerprint density at radius 2 is 2.25 bits per heavy atom. The Morgan fingerprint density at radius 3 is 3.00 bits per heavy atom. The summed E-state index contributed by atoms with van der Waals surface area (Å²) in [7, 11) is 0. The molecule has 0 atom stereocenters. The van der Waals surface area contributed by atoms with Gasteiger partial charge in [-0.15, -0.1) is 0 Å². The predicted molar refractivity (Wildman–Crippen MR) is 61.5 cm³/mol. The molecule has 3 aromatic rings. The van der Waals surface area contributed by atoms with E-state index in [4.69, 9.17) is 4.42 Å². The highest BCUT2D eigenvalue weighted by Crippen LogP contribution is 2.25. The number of benzene rings is 1. The molecular formula is C11H6BrFN2O. The number of H-pyrrole nitrogens is 1. The molecule has 1 aromatic carbocycles. The van der Waals surface area contributed by atoms with Gasteiger partial charge in [0.1, 0.15) is 17.9 Å². The third-order valence-electron chi connectivity index (χ3n) is 2.32. The number of halogens is 2. The van der Waals surface area contributed by atoms with Gasteiger partial charge in [0, 0.05) is 6.07 Å². The molecule has 0 fully saturated rings. The van der Waals surface area contributed by atoms with E-state index in [1.54, 1.807) is 24.7 Å². The lowest BCUT2D eigenvalue weighted by Crippen LogP contribution is -1.77. The van der Waals surface area contributed by atoms with Gasteiger partial charge in [0.15, 0.2) is 0 Å². The lowest BCUT2D eigenvalue weighted by atomic mass is 10.3. The van der Waals surface area contributed by atoms with Crippen molar-refractivity contribution < 1.29 is 8.81 Å². The van der Waals surface area contributed by atoms with E-state index in [2.05, 4.69) is 25.9 Å². The van der Waals surface area contributed by atoms with E-state index in [1.807, 2.05) is 0 Å². The molecule has 3 rings (SSSR count). The normalized spacial score (nSPS) is 11.1. The summed E-state index contributed by atoms with van der Waals surface area (Å²) in [5.74, 6) is 0.358. The lowest BCUT2D eigenvalue weighted by Gasteiger charge is -1.92. The predicted octanol–water partition coefficient (Wildman–Crippen LogP) is 3.72. The Bertz CT molecular complexity index is 606. The first-order chi connectivity index (χ1) is 7.74. The molecule has 0 bridgehead atoms. The highest BCUT2D eigenvalue weighted by atomic mass is 79.9. The molecule has 0 radical (unpaired) electrons. The van der Waals surface area contributed by atoms with Crippen LogP contribution in [0.15, 0.2) is 39.6 Å². The number of hydrogen-bond acceptors (Lipinski definition) is 2. The van der Waals surface area contributed by atoms with Crippen LogP contribution in [0.3, 0.4) is 0 Å². The number of fused-ring (bicyclic) bond motifs is 1. The van der Waals surface area contributed by atoms with Gasteiger partial charge in [-0.25, -0.2) is 9.37 Å². The van der Waals surface area contributed by atoms with Crippen LogP contribution in [0.5, 0.6) is 0 Å². The Morgan fingerprint density at radius 1 is 1.38 bits per heavy atom. The number of nitrogens with one attached hydrogen (secondary N) is 1. The highest BCUT2D eigenvalue weighted by molar-refractivity contribution is 9.10. The first-order valence-corrected chi connectivity index (χ1v) is 5.40. The smallest absolute Gasteiger partial charge is 0.141 e. The van der Waals surface area contributed by atoms with Gasteiger partial charge in [0.05, 0.1) is 27.3 Å². The van der Waals surface area contributed by atoms with Crippen molar-refractivity contribution in [1.29, 1.82) is 0 Å². The number of hydrogen-bond donors (Lipinski definition) is 1. The third-order valence-corrected chi connectivity index (χ3v) is 2.93. The van der Waals surface area contributed by atoms with Gasteiger partial charge in [-0.1, -0.05) is 0 Å². The third kappa shape index (κ3) is 1.44. The summed E-state index contributed by atoms with van der Waals surface area (Å²) in [5, 5.41) is 0. The molecule has 5 heteroatoms. The SMILES string of the molecule is Fc1cc2[nH]c(-c3ccoc3)nc2cc1Br. The Kier molecular flexibility index (Phi) is 2.07. The second-order valence-corrected chi connectivity index (χ2v) is 4.24. The van der Waals surface area contributed by atoms with Crippen LogP contribution >= 0.6 is 15.9 Å². The molecule has 3 nitrogen and oxygen atoms in total. The first kappa shape index (κ1) is 9.59. The Balaban J connectivity index is 2.23. The minimum absolute atomic E-state index is 0.310. The number of nitrogens with zero attached hydrogens (tertiary/aromatic N) is 1. The molecule has 0 saturated heterocycles. The van der Waals surface area contributed by atoms with Crippen LogP contribution in [0.4, 0.5) is 4.39 Å². The van der Waals surface area contributed by atoms with E-state index in [0.717, 1.165) is 5.56 Å². The first-order valence-electron chi connectivity index (χ1n) is 4.61. The topological polar surface area (TPSA) is 41.8 Å². The maximum atomic E-state index is 13.3. The molecule has 0 saturated carbocycles. The average Bonchev–Trinajstić information content (AvgIpc) is 2.86. The fraction of sp³-hybridized carbons (Fsp3) is 0. The summed E-state index contributed by atoms with van der Waals surface area (Å²) >= 11 is 3.13. The molecule has 0 unspecified atom stereocenters. The zero-order valence-corrected chi connectivity index (χ0v) is 9.58. The van der Waals surface area contributed by atoms with E-state index in [1.165, 1.54) is 6.07 Å². The van der Waals surface area contributed by atoms with Gasteiger partial charge in [0.2, 0.25) is 0 Å². The standard InChI is InChI=1S/C11H6BrFN2O/c12-7-3-9-10(4-8(7)13)15-11(14-9)6-1-2-16-5-6/h1-5H,(H,14,15). The van der Waals surface area contributed by atoms with E-state index >= 15 is 0 Å². The molecule has 1 N–H and O–H groups in total. The summed E-state index contributed by atoms with van der Waals surface area (Å²) < 4.78 is 18.7. The number of imidazole rings is 1. The minimum Gasteiger partial charge on any atom is -0.472 e. The molecule has 0 amide bonds. The fourth-order valence-electron chi connectivity index (χ4n) is 1.54. The summed E-state index contributed by atoms with van der Waals surface area (Å²) in [6, 6.07) is 4.85. The number of furan rings is 1. The van der Waals surface area contributed by atoms with Crippen LogP contribution in [0.25, 0.3) is 22.4 Å². The fourth-order valence-corrected chi connectivity index (χ4v) is 1.87. The van der Waals surface area contributed by atoms with E-state index < -0.39 is 0 Å². The summed E-state index contributed by atoms with van der Waals surface area (Å²) in [5.41, 5.74) is 2.22. The molecule has 2 heterocycles. The van der Waals surface area contributed by atoms with Crippen LogP contribution in [0.2, 0.25) is 0 Å². The van der Waals surface area contributed by atoms with Crippen LogP contribution in [-0.2, 0) is 0 Å². The van der Waals surface area contributed by atoms with E-state index in [0.29, 0.717) is 21.3 Å². The van der Waals surface area contributed by atoms with Crippen molar-refractivity contribution in [3.05, 3.63) is 41.0 Å². The zero-order chi connectivity index (χ0) is 11.1. The van der Waals surface area contributed by atoms with Crippen LogP contribution in [-0.4, -0.2) is 9.97 Å². The summed E-state index contributed by atoms with van der Waals surface area (Å²) in [4.78, 5) is 7.38. The second-order valence-electron chi connectivity index (χ2n) is 3.38. The summed E-state index contributed by atoms with van der Waals surface area (Å²) in [6.07, 6.45) is 3.15. The van der Waals surface area contributed by atoms with Crippen molar-refractivity contribution in [2.24, 2.45) is 0 Å². The van der Waals surface area contributed by atoms with E-state index in [9.17, 15) is 4.39 Å². The van der Waals surface area contributed by atoms with Crippen molar-refractivity contribution >= 4 is 27.0 Å². The van der Waals surface area contributed by atoms with E-state index in [-0.39, 0.29) is 5.82 Å². The Hall–Kier alpha value is -1.62. The molecule has 80 valence electrons. The molecular weight excluding hydrogens is 275 g/mol. The van der Waals surface area contributed by atoms with Gasteiger partial charge >= 0.3 is 0 Å². The molecule has 0 aliphatic carbocycles. The number of aromatic nitrogens is 2. The second kappa shape index (κ2) is 3.45. The van der Waals surface area contributed by atoms with Crippen molar-refractivity contribution in [2.75, 3.05) is 0 Å². The van der Waals surface area contributed by atoms with Gasteiger partial charge in [0.25, 0.3) is 0 Å². The Labute approximate surface area is 98.4 Å². The van der Waals surface area contributed by atoms with Crippen molar-refractivity contribution in [3.63, 3.8) is 0 Å². The average molecular weight is 281 g/mol. The van der Waals surface area contributed by atoms with Crippen LogP contribution < -0.4 is 0 Å². The molecule has 16 heavy (non-hydrogen) atoms. The highest BCUT2D eigenvalue weighted by Gasteiger charge is 2.09. The number of rotatable bonds is 1. The monoisotopic (exact) mass is 280 g/mol. The molecule has 0 spiro atoms. The molecule has 0 aliphatic heterocycles. The number of aromatic amines is 1. The molecule has 2 aromatic heterocycles. The van der Waals surface area contributed by atoms with Gasteiger partial charge in [-0.2, -0.15) is 0 Å². The summed E-state index contributed by atoms with van der Waals surface area (Å²) in [6.45, 7) is 0. The maximum Gasteiger partial charge on any atom is 0.141 e. The van der Waals surface area contributed by atoms with Crippen molar-refractivity contribution in [2.45, 2.75) is 0 Å². The van der Waals surface area contributed by atoms with Gasteiger partial charge < -0.3 is 9.40 Å². The van der Waals surface area contributed by atoms with Crippen LogP contribution in [0, 0.1) is 5.82 Å². The zero-order valence-electron chi connectivity index (χ0n) is 8.00. The van der Waals surface area contributed by atoms with Gasteiger partial charge in [-0.3, -0.25) is 0 Å². The maximum absolute atomic E-state index is 13.3. The van der Waals surface area contributed by atoms with Crippen molar-refractivity contribution in [1.82, 2.24) is 9.97 Å². The minimum atomic E-state index is -0.310. The van der Waals surface area contributed by atoms with Gasteiger partial charge in [-0.05, 0) is 28.1 Å². The molecule has 0 aliphatic rings. The van der Waals surface area contributed by atoms with Crippen molar-refractivity contribution in [3.8, 4) is 11.4 Å².